The number of nitrogens with zero attached hydrogens (tertiary/aromatic N) is 6. The van der Waals surface area contributed by atoms with E-state index in [1.54, 1.807) is 23.1 Å². The minimum atomic E-state index is -1.03. The van der Waals surface area contributed by atoms with Crippen molar-refractivity contribution in [1.82, 2.24) is 20.0 Å². The van der Waals surface area contributed by atoms with Gasteiger partial charge in [0.05, 0.1) is 21.7 Å². The summed E-state index contributed by atoms with van der Waals surface area (Å²) in [5.41, 5.74) is 5.54. The lowest BCUT2D eigenvalue weighted by atomic mass is 9.76. The van der Waals surface area contributed by atoms with E-state index in [0.717, 1.165) is 66.3 Å². The highest BCUT2D eigenvalue weighted by Gasteiger charge is 2.47. The van der Waals surface area contributed by atoms with E-state index >= 15 is 0 Å². The van der Waals surface area contributed by atoms with Crippen LogP contribution in [-0.2, 0) is 27.5 Å². The average Bonchev–Trinajstić information content (AvgIpc) is 3.87. The van der Waals surface area contributed by atoms with Gasteiger partial charge in [-0.25, -0.2) is 0 Å². The zero-order valence-electron chi connectivity index (χ0n) is 32.3. The first-order valence-corrected chi connectivity index (χ1v) is 20.6. The van der Waals surface area contributed by atoms with Gasteiger partial charge in [0.25, 0.3) is 17.7 Å². The third-order valence-corrected chi connectivity index (χ3v) is 13.7. The van der Waals surface area contributed by atoms with Crippen LogP contribution in [0.2, 0.25) is 5.02 Å². The first-order chi connectivity index (χ1) is 27.9. The van der Waals surface area contributed by atoms with Crippen molar-refractivity contribution in [3.05, 3.63) is 93.0 Å². The van der Waals surface area contributed by atoms with Gasteiger partial charge in [-0.1, -0.05) is 11.6 Å². The normalized spacial score (nSPS) is 23.0. The predicted octanol–water partition coefficient (Wildman–Crippen LogP) is 4.89. The second kappa shape index (κ2) is 14.6. The Labute approximate surface area is 341 Å². The van der Waals surface area contributed by atoms with Crippen LogP contribution < -0.4 is 15.1 Å². The zero-order valence-corrected chi connectivity index (χ0v) is 33.1. The predicted molar refractivity (Wildman–Crippen MR) is 214 cm³/mol. The summed E-state index contributed by atoms with van der Waals surface area (Å²) in [6.07, 6.45) is 4.50. The van der Waals surface area contributed by atoms with Crippen LogP contribution in [0.25, 0.3) is 0 Å². The lowest BCUT2D eigenvalue weighted by molar-refractivity contribution is -0.138. The summed E-state index contributed by atoms with van der Waals surface area (Å²) in [6.45, 7) is 6.69. The van der Waals surface area contributed by atoms with Crippen molar-refractivity contribution >= 4 is 58.4 Å². The number of anilines is 2. The SMILES string of the molecule is C[C@H]1CC2(CCN(c3ccc(C(=O)N4CCC(C(=O)N5Cc6cc7c(cc6C5)C(=O)N(C5CCC(=O)NC5=O)C7=O)CC4)cc3)CC2)CN1c1ccc(C#N)c(Cl)c1. The molecule has 4 fully saturated rings. The molecule has 1 spiro atoms. The van der Waals surface area contributed by atoms with Crippen molar-refractivity contribution in [2.45, 2.75) is 77.0 Å². The molecule has 0 aromatic heterocycles. The van der Waals surface area contributed by atoms with E-state index in [1.165, 1.54) is 0 Å². The Hall–Kier alpha value is -5.74. The Kier molecular flexibility index (Phi) is 9.50. The molecular formula is C44H44ClN7O6. The first-order valence-electron chi connectivity index (χ1n) is 20.2. The largest absolute Gasteiger partial charge is 0.371 e. The number of fused-ring (bicyclic) bond motifs is 2. The van der Waals surface area contributed by atoms with E-state index in [9.17, 15) is 34.0 Å². The molecule has 298 valence electrons. The van der Waals surface area contributed by atoms with Gasteiger partial charge in [-0.2, -0.15) is 5.26 Å². The number of piperidine rings is 3. The van der Waals surface area contributed by atoms with Gasteiger partial charge in [0.2, 0.25) is 17.7 Å². The van der Waals surface area contributed by atoms with Crippen LogP contribution in [-0.4, -0.2) is 95.0 Å². The van der Waals surface area contributed by atoms with Crippen LogP contribution in [0.5, 0.6) is 0 Å². The Bertz CT molecular complexity index is 2260. The zero-order chi connectivity index (χ0) is 40.5. The van der Waals surface area contributed by atoms with Crippen molar-refractivity contribution in [3.63, 3.8) is 0 Å². The highest BCUT2D eigenvalue weighted by molar-refractivity contribution is 6.32. The Morgan fingerprint density at radius 1 is 0.828 bits per heavy atom. The van der Waals surface area contributed by atoms with Gasteiger partial charge in [-0.3, -0.25) is 39.0 Å². The second-order valence-corrected chi connectivity index (χ2v) is 17.3. The summed E-state index contributed by atoms with van der Waals surface area (Å²) >= 11 is 6.37. The lowest BCUT2D eigenvalue weighted by Gasteiger charge is -2.40. The number of hydrogen-bond acceptors (Lipinski definition) is 9. The van der Waals surface area contributed by atoms with Gasteiger partial charge in [0, 0.05) is 81.1 Å². The van der Waals surface area contributed by atoms with Crippen molar-refractivity contribution in [1.29, 1.82) is 5.26 Å². The molecule has 6 aliphatic rings. The number of nitrogens with one attached hydrogen (secondary N) is 1. The van der Waals surface area contributed by atoms with Gasteiger partial charge in [0.1, 0.15) is 12.1 Å². The Morgan fingerprint density at radius 3 is 2.07 bits per heavy atom. The molecular weight excluding hydrogens is 758 g/mol. The number of carbonyl (C=O) groups excluding carboxylic acids is 6. The topological polar surface area (TPSA) is 154 Å². The number of halogens is 1. The summed E-state index contributed by atoms with van der Waals surface area (Å²) in [4.78, 5) is 87.3. The quantitative estimate of drug-likeness (QED) is 0.355. The number of rotatable bonds is 5. The van der Waals surface area contributed by atoms with Crippen LogP contribution in [0.3, 0.4) is 0 Å². The van der Waals surface area contributed by atoms with E-state index in [0.29, 0.717) is 61.2 Å². The molecule has 1 N–H and O–H groups in total. The molecule has 6 amide bonds. The van der Waals surface area contributed by atoms with E-state index < -0.39 is 29.7 Å². The van der Waals surface area contributed by atoms with E-state index in [4.69, 9.17) is 11.6 Å². The van der Waals surface area contributed by atoms with Crippen LogP contribution in [0.4, 0.5) is 11.4 Å². The number of imide groups is 2. The van der Waals surface area contributed by atoms with Crippen molar-refractivity contribution in [2.75, 3.05) is 42.5 Å². The maximum Gasteiger partial charge on any atom is 0.262 e. The van der Waals surface area contributed by atoms with E-state index in [-0.39, 0.29) is 47.1 Å². The summed E-state index contributed by atoms with van der Waals surface area (Å²) in [6, 6.07) is 18.4. The standard InChI is InChI=1S/C44H44ClN7O6/c1-26-21-44(25-51(26)33-7-4-29(22-46)36(45)20-33)12-16-48(17-13-44)32-5-2-27(3-6-32)40(55)49-14-10-28(11-15-49)41(56)50-23-30-18-34-35(19-31(30)24-50)43(58)52(42(34)57)37-8-9-38(53)47-39(37)54/h2-7,18-20,26,28,37H,8-17,21,23-25H2,1H3,(H,47,53,54)/t26-,37?/m0/s1. The molecule has 4 saturated heterocycles. The van der Waals surface area contributed by atoms with Crippen molar-refractivity contribution in [3.8, 4) is 6.07 Å². The fourth-order valence-electron chi connectivity index (χ4n) is 10.1. The second-order valence-electron chi connectivity index (χ2n) is 16.9. The van der Waals surface area contributed by atoms with Gasteiger partial charge in [0.15, 0.2) is 0 Å². The monoisotopic (exact) mass is 801 g/mol. The third-order valence-electron chi connectivity index (χ3n) is 13.4. The first kappa shape index (κ1) is 37.8. The van der Waals surface area contributed by atoms with Crippen molar-refractivity contribution in [2.24, 2.45) is 11.3 Å². The summed E-state index contributed by atoms with van der Waals surface area (Å²) in [7, 11) is 0. The Morgan fingerprint density at radius 2 is 1.47 bits per heavy atom. The van der Waals surface area contributed by atoms with Crippen LogP contribution in [0.1, 0.15) is 99.6 Å². The number of nitriles is 1. The fourth-order valence-corrected chi connectivity index (χ4v) is 10.4. The maximum absolute atomic E-state index is 13.7. The fraction of sp³-hybridized carbons (Fsp3) is 0.432. The van der Waals surface area contributed by atoms with Crippen LogP contribution in [0, 0.1) is 22.7 Å². The number of benzene rings is 3. The average molecular weight is 802 g/mol. The summed E-state index contributed by atoms with van der Waals surface area (Å²) in [5, 5.41) is 12.0. The molecule has 0 radical (unpaired) electrons. The smallest absolute Gasteiger partial charge is 0.262 e. The van der Waals surface area contributed by atoms with Gasteiger partial charge in [-0.05, 0) is 117 Å². The molecule has 0 bridgehead atoms. The summed E-state index contributed by atoms with van der Waals surface area (Å²) in [5.74, 6) is -2.48. The van der Waals surface area contributed by atoms with Gasteiger partial charge < -0.3 is 19.6 Å². The molecule has 9 rings (SSSR count). The molecule has 0 saturated carbocycles. The van der Waals surface area contributed by atoms with Gasteiger partial charge in [-0.15, -0.1) is 0 Å². The minimum absolute atomic E-state index is 0.00244. The van der Waals surface area contributed by atoms with Crippen molar-refractivity contribution < 1.29 is 28.8 Å². The molecule has 1 unspecified atom stereocenters. The Balaban J connectivity index is 0.760. The molecule has 3 aromatic carbocycles. The highest BCUT2D eigenvalue weighted by Crippen LogP contribution is 2.46. The highest BCUT2D eigenvalue weighted by atomic mass is 35.5. The molecule has 6 aliphatic heterocycles. The van der Waals surface area contributed by atoms with Crippen LogP contribution in [0.15, 0.2) is 54.6 Å². The minimum Gasteiger partial charge on any atom is -0.371 e. The summed E-state index contributed by atoms with van der Waals surface area (Å²) < 4.78 is 0. The van der Waals surface area contributed by atoms with E-state index in [1.807, 2.05) is 41.3 Å². The third kappa shape index (κ3) is 6.57. The van der Waals surface area contributed by atoms with Gasteiger partial charge >= 0.3 is 0 Å². The number of carbonyl (C=O) groups is 6. The lowest BCUT2D eigenvalue weighted by Crippen LogP contribution is -2.54. The molecule has 0 aliphatic carbocycles. The van der Waals surface area contributed by atoms with Crippen LogP contribution >= 0.6 is 11.6 Å². The maximum atomic E-state index is 13.7. The molecule has 6 heterocycles. The number of amides is 6. The van der Waals surface area contributed by atoms with E-state index in [2.05, 4.69) is 28.1 Å². The molecule has 14 heteroatoms. The molecule has 2 atom stereocenters. The molecule has 58 heavy (non-hydrogen) atoms. The molecule has 3 aromatic rings. The molecule has 13 nitrogen and oxygen atoms in total. The number of likely N-dealkylation sites (tertiary alicyclic amines) is 1. The number of hydrogen-bond donors (Lipinski definition) is 1.